The zero-order chi connectivity index (χ0) is 19.1. The second kappa shape index (κ2) is 6.54. The summed E-state index contributed by atoms with van der Waals surface area (Å²) in [6.07, 6.45) is -1.18. The molecule has 1 heterocycles. The van der Waals surface area contributed by atoms with Gasteiger partial charge >= 0.3 is 12.2 Å². The number of rotatable bonds is 5. The summed E-state index contributed by atoms with van der Waals surface area (Å²) in [6.45, 7) is 0.296. The number of carbonyl (C=O) groups is 1. The predicted molar refractivity (Wildman–Crippen MR) is 89.6 cm³/mol. The van der Waals surface area contributed by atoms with Crippen LogP contribution in [0.1, 0.15) is 37.1 Å². The minimum atomic E-state index is -4.39. The molecule has 144 valence electrons. The maximum Gasteiger partial charge on any atom is 0.396 e. The van der Waals surface area contributed by atoms with Crippen LogP contribution in [0.2, 0.25) is 0 Å². The smallest absolute Gasteiger partial charge is 0.334 e. The summed E-state index contributed by atoms with van der Waals surface area (Å²) in [5, 5.41) is 9.27. The Labute approximate surface area is 153 Å². The molecule has 2 fully saturated rings. The first-order valence-corrected chi connectivity index (χ1v) is 8.88. The molecule has 2 aromatic rings. The monoisotopic (exact) mass is 380 g/mol. The second-order valence-corrected chi connectivity index (χ2v) is 7.27. The lowest BCUT2D eigenvalue weighted by atomic mass is 10.1. The quantitative estimate of drug-likeness (QED) is 0.831. The van der Waals surface area contributed by atoms with Crippen LogP contribution in [0.15, 0.2) is 28.8 Å². The Bertz CT molecular complexity index is 851. The Morgan fingerprint density at radius 3 is 2.93 bits per heavy atom. The Morgan fingerprint density at radius 1 is 1.37 bits per heavy atom. The molecule has 2 saturated carbocycles. The van der Waals surface area contributed by atoms with E-state index >= 15 is 0 Å². The van der Waals surface area contributed by atoms with Gasteiger partial charge in [-0.1, -0.05) is 23.7 Å². The minimum absolute atomic E-state index is 0.00454. The van der Waals surface area contributed by atoms with E-state index in [9.17, 15) is 18.0 Å². The van der Waals surface area contributed by atoms with Gasteiger partial charge in [-0.15, -0.1) is 0 Å². The molecule has 9 heteroatoms. The van der Waals surface area contributed by atoms with E-state index in [-0.39, 0.29) is 17.5 Å². The first-order chi connectivity index (χ1) is 12.8. The van der Waals surface area contributed by atoms with Crippen LogP contribution in [0.5, 0.6) is 0 Å². The van der Waals surface area contributed by atoms with Crippen molar-refractivity contribution in [3.63, 3.8) is 0 Å². The lowest BCUT2D eigenvalue weighted by Crippen LogP contribution is -2.43. The molecule has 0 spiro atoms. The van der Waals surface area contributed by atoms with Gasteiger partial charge in [-0.3, -0.25) is 0 Å². The van der Waals surface area contributed by atoms with Gasteiger partial charge in [-0.25, -0.2) is 4.79 Å². The van der Waals surface area contributed by atoms with Crippen molar-refractivity contribution >= 4 is 6.03 Å². The Kier molecular flexibility index (Phi) is 4.32. The fourth-order valence-electron chi connectivity index (χ4n) is 3.83. The average molecular weight is 380 g/mol. The van der Waals surface area contributed by atoms with Crippen molar-refractivity contribution in [2.45, 2.75) is 50.4 Å². The van der Waals surface area contributed by atoms with Crippen molar-refractivity contribution in [2.75, 3.05) is 0 Å². The van der Waals surface area contributed by atoms with Crippen molar-refractivity contribution in [3.05, 3.63) is 35.7 Å². The number of hydrogen-bond donors (Lipinski definition) is 2. The summed E-state index contributed by atoms with van der Waals surface area (Å²) < 4.78 is 42.1. The number of nitrogens with zero attached hydrogens (tertiary/aromatic N) is 2. The summed E-state index contributed by atoms with van der Waals surface area (Å²) in [7, 11) is 0. The lowest BCUT2D eigenvalue weighted by Gasteiger charge is -2.15. The molecule has 0 radical (unpaired) electrons. The van der Waals surface area contributed by atoms with Crippen LogP contribution < -0.4 is 10.6 Å². The van der Waals surface area contributed by atoms with Crippen LogP contribution in [0.25, 0.3) is 11.5 Å². The molecule has 6 nitrogen and oxygen atoms in total. The summed E-state index contributed by atoms with van der Waals surface area (Å²) in [5.74, 6) is 0.233. The maximum atomic E-state index is 12.4. The first-order valence-electron chi connectivity index (χ1n) is 8.88. The van der Waals surface area contributed by atoms with Crippen LogP contribution in [0.3, 0.4) is 0 Å². The zero-order valence-corrected chi connectivity index (χ0v) is 14.5. The summed E-state index contributed by atoms with van der Waals surface area (Å²) in [4.78, 5) is 15.9. The molecule has 1 aromatic heterocycles. The van der Waals surface area contributed by atoms with Crippen LogP contribution >= 0.6 is 0 Å². The van der Waals surface area contributed by atoms with E-state index in [0.717, 1.165) is 24.8 Å². The van der Waals surface area contributed by atoms with Gasteiger partial charge in [0.2, 0.25) is 0 Å². The third-order valence-corrected chi connectivity index (χ3v) is 5.22. The fraction of sp³-hybridized carbons (Fsp3) is 0.500. The van der Waals surface area contributed by atoms with E-state index in [1.54, 1.807) is 18.2 Å². The van der Waals surface area contributed by atoms with E-state index in [1.807, 2.05) is 6.07 Å². The third kappa shape index (κ3) is 4.06. The Morgan fingerprint density at radius 2 is 2.22 bits per heavy atom. The van der Waals surface area contributed by atoms with Gasteiger partial charge in [0.05, 0.1) is 0 Å². The van der Waals surface area contributed by atoms with E-state index in [2.05, 4.69) is 20.8 Å². The number of alkyl halides is 3. The van der Waals surface area contributed by atoms with E-state index in [1.165, 1.54) is 6.42 Å². The van der Waals surface area contributed by atoms with Gasteiger partial charge in [0.25, 0.3) is 5.89 Å². The summed E-state index contributed by atoms with van der Waals surface area (Å²) in [5.41, 5.74) is 1.30. The van der Waals surface area contributed by atoms with Crippen LogP contribution in [0, 0.1) is 5.92 Å². The molecule has 2 aliphatic carbocycles. The van der Waals surface area contributed by atoms with Crippen molar-refractivity contribution in [2.24, 2.45) is 5.92 Å². The third-order valence-electron chi connectivity index (χ3n) is 5.22. The molecule has 0 saturated heterocycles. The van der Waals surface area contributed by atoms with E-state index in [0.29, 0.717) is 18.0 Å². The lowest BCUT2D eigenvalue weighted by molar-refractivity contribution is -0.128. The molecule has 0 aliphatic heterocycles. The van der Waals surface area contributed by atoms with Gasteiger partial charge in [0, 0.05) is 17.6 Å². The Balaban J connectivity index is 1.36. The second-order valence-electron chi connectivity index (χ2n) is 7.27. The van der Waals surface area contributed by atoms with Gasteiger partial charge in [0.15, 0.2) is 5.82 Å². The Hall–Kier alpha value is -2.58. The molecule has 0 bridgehead atoms. The highest BCUT2D eigenvalue weighted by Gasteiger charge is 2.57. The number of aromatic nitrogens is 2. The molecule has 2 atom stereocenters. The molecular formula is C18H19F3N4O2. The summed E-state index contributed by atoms with van der Waals surface area (Å²) in [6, 6.07) is 6.71. The van der Waals surface area contributed by atoms with Crippen molar-refractivity contribution < 1.29 is 22.5 Å². The standard InChI is InChI=1S/C18H19F3N4O2/c19-18(20,21)9-14-23-15(27-25-14)12-4-1-3-11(7-12)10-22-16(26)24-17-6-2-5-13(17)8-17/h1,3-4,7,13H,2,5-6,8-10H2,(H2,22,24,26). The molecule has 27 heavy (non-hydrogen) atoms. The normalized spacial score (nSPS) is 23.7. The number of halogens is 3. The van der Waals surface area contributed by atoms with Gasteiger partial charge in [0.1, 0.15) is 6.42 Å². The van der Waals surface area contributed by atoms with Crippen LogP contribution in [0.4, 0.5) is 18.0 Å². The zero-order valence-electron chi connectivity index (χ0n) is 14.5. The molecule has 1 aromatic carbocycles. The number of hydrogen-bond acceptors (Lipinski definition) is 4. The minimum Gasteiger partial charge on any atom is -0.334 e. The maximum absolute atomic E-state index is 12.4. The molecule has 2 N–H and O–H groups in total. The SMILES string of the molecule is O=C(NCc1cccc(-c2nc(CC(F)(F)F)no2)c1)NC12CCCC1C2. The van der Waals surface area contributed by atoms with E-state index < -0.39 is 18.4 Å². The average Bonchev–Trinajstić information content (AvgIpc) is 2.94. The predicted octanol–water partition coefficient (Wildman–Crippen LogP) is 3.58. The molecule has 2 amide bonds. The summed E-state index contributed by atoms with van der Waals surface area (Å²) >= 11 is 0. The molecule has 4 rings (SSSR count). The molecular weight excluding hydrogens is 361 g/mol. The number of amides is 2. The van der Waals surface area contributed by atoms with Gasteiger partial charge < -0.3 is 15.2 Å². The highest BCUT2D eigenvalue weighted by molar-refractivity contribution is 5.75. The van der Waals surface area contributed by atoms with Crippen molar-refractivity contribution in [3.8, 4) is 11.5 Å². The number of benzene rings is 1. The number of carbonyl (C=O) groups excluding carboxylic acids is 1. The number of nitrogens with one attached hydrogen (secondary N) is 2. The number of fused-ring (bicyclic) bond motifs is 1. The van der Waals surface area contributed by atoms with Crippen molar-refractivity contribution in [1.29, 1.82) is 0 Å². The van der Waals surface area contributed by atoms with Gasteiger partial charge in [-0.05, 0) is 42.9 Å². The highest BCUT2D eigenvalue weighted by Crippen LogP contribution is 2.55. The van der Waals surface area contributed by atoms with Crippen LogP contribution in [-0.2, 0) is 13.0 Å². The topological polar surface area (TPSA) is 80.1 Å². The van der Waals surface area contributed by atoms with Crippen LogP contribution in [-0.4, -0.2) is 27.9 Å². The molecule has 2 aliphatic rings. The highest BCUT2D eigenvalue weighted by atomic mass is 19.4. The van der Waals surface area contributed by atoms with E-state index in [4.69, 9.17) is 4.52 Å². The van der Waals surface area contributed by atoms with Crippen molar-refractivity contribution in [1.82, 2.24) is 20.8 Å². The molecule has 2 unspecified atom stereocenters. The number of urea groups is 1. The van der Waals surface area contributed by atoms with Gasteiger partial charge in [-0.2, -0.15) is 18.2 Å². The fourth-order valence-corrected chi connectivity index (χ4v) is 3.83. The largest absolute Gasteiger partial charge is 0.396 e. The first kappa shape index (κ1) is 17.8.